The minimum atomic E-state index is 0. The number of ether oxygens (including phenoxy) is 2. The van der Waals surface area contributed by atoms with E-state index in [-0.39, 0.29) is 24.4 Å². The summed E-state index contributed by atoms with van der Waals surface area (Å²) in [5, 5.41) is 0. The summed E-state index contributed by atoms with van der Waals surface area (Å²) in [4.78, 5) is 14.1. The maximum Gasteiger partial charge on any atom is 0.219 e. The third-order valence-electron chi connectivity index (χ3n) is 4.68. The quantitative estimate of drug-likeness (QED) is 0.831. The molecule has 3 rings (SSSR count). The Morgan fingerprint density at radius 3 is 2.36 bits per heavy atom. The molecule has 0 fully saturated rings. The molecule has 25 heavy (non-hydrogen) atoms. The van der Waals surface area contributed by atoms with Crippen LogP contribution in [0.1, 0.15) is 29.7 Å². The zero-order valence-electron chi connectivity index (χ0n) is 14.8. The lowest BCUT2D eigenvalue weighted by atomic mass is 9.88. The lowest BCUT2D eigenvalue weighted by Crippen LogP contribution is -2.39. The Hall–Kier alpha value is -2.20. The lowest BCUT2D eigenvalue weighted by Gasteiger charge is -2.37. The third-order valence-corrected chi connectivity index (χ3v) is 4.68. The van der Waals surface area contributed by atoms with Crippen LogP contribution in [-0.4, -0.2) is 31.6 Å². The van der Waals surface area contributed by atoms with Crippen LogP contribution in [0.3, 0.4) is 0 Å². The Kier molecular flexibility index (Phi) is 6.32. The van der Waals surface area contributed by atoms with Crippen molar-refractivity contribution in [2.75, 3.05) is 20.8 Å². The molecule has 0 aromatic heterocycles. The second-order valence-electron chi connectivity index (χ2n) is 6.07. The number of hydrogen-bond acceptors (Lipinski definition) is 3. The molecule has 0 N–H and O–H groups in total. The smallest absolute Gasteiger partial charge is 0.219 e. The number of benzene rings is 2. The van der Waals surface area contributed by atoms with Crippen LogP contribution < -0.4 is 9.47 Å². The monoisotopic (exact) mass is 361 g/mol. The van der Waals surface area contributed by atoms with Crippen LogP contribution in [0.4, 0.5) is 0 Å². The van der Waals surface area contributed by atoms with Crippen molar-refractivity contribution in [2.24, 2.45) is 0 Å². The molecule has 1 heterocycles. The molecular formula is C20H24ClNO3. The zero-order chi connectivity index (χ0) is 17.1. The van der Waals surface area contributed by atoms with Crippen molar-refractivity contribution < 1.29 is 14.3 Å². The molecule has 0 aliphatic carbocycles. The Balaban J connectivity index is 0.00000225. The van der Waals surface area contributed by atoms with E-state index in [2.05, 4.69) is 12.1 Å². The molecule has 5 heteroatoms. The topological polar surface area (TPSA) is 38.8 Å². The van der Waals surface area contributed by atoms with Gasteiger partial charge >= 0.3 is 0 Å². The van der Waals surface area contributed by atoms with Gasteiger partial charge < -0.3 is 14.4 Å². The summed E-state index contributed by atoms with van der Waals surface area (Å²) in [6.45, 7) is 2.37. The highest BCUT2D eigenvalue weighted by atomic mass is 35.5. The molecule has 1 amide bonds. The van der Waals surface area contributed by atoms with Crippen LogP contribution in [0.2, 0.25) is 0 Å². The summed E-state index contributed by atoms with van der Waals surface area (Å²) in [6, 6.07) is 14.4. The van der Waals surface area contributed by atoms with Gasteiger partial charge in [0, 0.05) is 13.5 Å². The van der Waals surface area contributed by atoms with Gasteiger partial charge in [0.25, 0.3) is 0 Å². The van der Waals surface area contributed by atoms with Gasteiger partial charge in [-0.15, -0.1) is 12.4 Å². The normalized spacial score (nSPS) is 15.8. The largest absolute Gasteiger partial charge is 0.493 e. The van der Waals surface area contributed by atoms with E-state index in [1.54, 1.807) is 21.1 Å². The Labute approximate surface area is 155 Å². The number of carbonyl (C=O) groups is 1. The van der Waals surface area contributed by atoms with Crippen LogP contribution in [0, 0.1) is 0 Å². The fourth-order valence-electron chi connectivity index (χ4n) is 3.46. The van der Waals surface area contributed by atoms with Gasteiger partial charge in [-0.05, 0) is 41.7 Å². The van der Waals surface area contributed by atoms with Gasteiger partial charge in [-0.25, -0.2) is 0 Å². The van der Waals surface area contributed by atoms with Crippen molar-refractivity contribution in [3.63, 3.8) is 0 Å². The van der Waals surface area contributed by atoms with Crippen LogP contribution >= 0.6 is 12.4 Å². The minimum absolute atomic E-state index is 0. The number of halogens is 1. The van der Waals surface area contributed by atoms with Crippen molar-refractivity contribution in [1.29, 1.82) is 0 Å². The molecule has 2 aromatic carbocycles. The van der Waals surface area contributed by atoms with Crippen molar-refractivity contribution in [2.45, 2.75) is 25.8 Å². The van der Waals surface area contributed by atoms with Gasteiger partial charge in [0.1, 0.15) is 0 Å². The molecular weight excluding hydrogens is 338 g/mol. The highest BCUT2D eigenvalue weighted by Gasteiger charge is 2.30. The molecule has 0 saturated heterocycles. The molecule has 0 bridgehead atoms. The fraction of sp³-hybridized carbons (Fsp3) is 0.350. The van der Waals surface area contributed by atoms with Crippen molar-refractivity contribution in [3.8, 4) is 11.5 Å². The summed E-state index contributed by atoms with van der Waals surface area (Å²) in [7, 11) is 3.29. The van der Waals surface area contributed by atoms with E-state index in [4.69, 9.17) is 9.47 Å². The Morgan fingerprint density at radius 2 is 1.76 bits per heavy atom. The number of fused-ring (bicyclic) bond motifs is 1. The van der Waals surface area contributed by atoms with Crippen molar-refractivity contribution in [3.05, 3.63) is 59.2 Å². The summed E-state index contributed by atoms with van der Waals surface area (Å²) in [5.41, 5.74) is 3.60. The van der Waals surface area contributed by atoms with Crippen LogP contribution in [0.15, 0.2) is 42.5 Å². The predicted molar refractivity (Wildman–Crippen MR) is 101 cm³/mol. The fourth-order valence-corrected chi connectivity index (χ4v) is 3.46. The molecule has 1 aliphatic rings. The maximum atomic E-state index is 12.2. The van der Waals surface area contributed by atoms with Crippen LogP contribution in [0.5, 0.6) is 11.5 Å². The van der Waals surface area contributed by atoms with E-state index >= 15 is 0 Å². The second kappa shape index (κ2) is 8.26. The SMILES string of the molecule is COc1cc2c(cc1OC)C(Cc1ccccc1)N(C(C)=O)CC2.Cl. The number of amides is 1. The Bertz CT molecular complexity index is 733. The number of hydrogen-bond donors (Lipinski definition) is 0. The molecule has 0 saturated carbocycles. The molecule has 0 radical (unpaired) electrons. The second-order valence-corrected chi connectivity index (χ2v) is 6.07. The molecule has 2 aromatic rings. The van der Waals surface area contributed by atoms with Gasteiger partial charge in [-0.3, -0.25) is 4.79 Å². The minimum Gasteiger partial charge on any atom is -0.493 e. The summed E-state index contributed by atoms with van der Waals surface area (Å²) in [5.74, 6) is 1.56. The molecule has 0 spiro atoms. The first-order valence-electron chi connectivity index (χ1n) is 8.20. The lowest BCUT2D eigenvalue weighted by molar-refractivity contribution is -0.131. The first-order chi connectivity index (χ1) is 11.6. The van der Waals surface area contributed by atoms with E-state index in [0.717, 1.165) is 30.7 Å². The highest BCUT2D eigenvalue weighted by molar-refractivity contribution is 5.85. The first-order valence-corrected chi connectivity index (χ1v) is 8.20. The molecule has 134 valence electrons. The van der Waals surface area contributed by atoms with E-state index in [1.165, 1.54) is 11.1 Å². The highest BCUT2D eigenvalue weighted by Crippen LogP contribution is 2.39. The van der Waals surface area contributed by atoms with Crippen LogP contribution in [-0.2, 0) is 17.6 Å². The van der Waals surface area contributed by atoms with Gasteiger partial charge in [0.2, 0.25) is 5.91 Å². The standard InChI is InChI=1S/C20H23NO3.ClH/c1-14(22)21-10-9-16-12-19(23-2)20(24-3)13-17(16)18(21)11-15-7-5-4-6-8-15;/h4-8,12-13,18H,9-11H2,1-3H3;1H. The van der Waals surface area contributed by atoms with Gasteiger partial charge in [0.05, 0.1) is 20.3 Å². The molecule has 1 atom stereocenters. The molecule has 1 unspecified atom stereocenters. The first kappa shape index (κ1) is 19.1. The third kappa shape index (κ3) is 3.90. The zero-order valence-corrected chi connectivity index (χ0v) is 15.6. The summed E-state index contributed by atoms with van der Waals surface area (Å²) in [6.07, 6.45) is 1.63. The van der Waals surface area contributed by atoms with Gasteiger partial charge in [0.15, 0.2) is 11.5 Å². The molecule has 1 aliphatic heterocycles. The van der Waals surface area contributed by atoms with E-state index in [9.17, 15) is 4.79 Å². The van der Waals surface area contributed by atoms with Crippen LogP contribution in [0.25, 0.3) is 0 Å². The predicted octanol–water partition coefficient (Wildman–Crippen LogP) is 3.81. The average Bonchev–Trinajstić information content (AvgIpc) is 2.61. The maximum absolute atomic E-state index is 12.2. The van der Waals surface area contributed by atoms with Gasteiger partial charge in [-0.2, -0.15) is 0 Å². The summed E-state index contributed by atoms with van der Waals surface area (Å²) >= 11 is 0. The number of methoxy groups -OCH3 is 2. The van der Waals surface area contributed by atoms with Crippen molar-refractivity contribution in [1.82, 2.24) is 4.90 Å². The van der Waals surface area contributed by atoms with Gasteiger partial charge in [-0.1, -0.05) is 30.3 Å². The molecule has 4 nitrogen and oxygen atoms in total. The van der Waals surface area contributed by atoms with E-state index in [0.29, 0.717) is 5.75 Å². The number of nitrogens with zero attached hydrogens (tertiary/aromatic N) is 1. The number of carbonyl (C=O) groups excluding carboxylic acids is 1. The Morgan fingerprint density at radius 1 is 1.12 bits per heavy atom. The number of rotatable bonds is 4. The van der Waals surface area contributed by atoms with E-state index < -0.39 is 0 Å². The van der Waals surface area contributed by atoms with E-state index in [1.807, 2.05) is 35.2 Å². The van der Waals surface area contributed by atoms with Crippen molar-refractivity contribution >= 4 is 18.3 Å². The summed E-state index contributed by atoms with van der Waals surface area (Å²) < 4.78 is 10.9. The average molecular weight is 362 g/mol.